The summed E-state index contributed by atoms with van der Waals surface area (Å²) in [6.07, 6.45) is 1.12. The zero-order valence-corrected chi connectivity index (χ0v) is 10.4. The number of hydrogen-bond acceptors (Lipinski definition) is 4. The van der Waals surface area contributed by atoms with Crippen LogP contribution < -0.4 is 5.73 Å². The third-order valence-corrected chi connectivity index (χ3v) is 1.93. The molecule has 2 N–H and O–H groups in total. The highest BCUT2D eigenvalue weighted by atomic mass is 16.6. The molecule has 5 heteroatoms. The standard InChI is InChI=1S/C11H19N3O2/c1-7(2)8-6-14(9(12)13-8)10(15)16-11(3,4)5/h6-7H,1-5H3,(H2,12,13). The lowest BCUT2D eigenvalue weighted by atomic mass is 10.2. The van der Waals surface area contributed by atoms with Crippen molar-refractivity contribution < 1.29 is 9.53 Å². The summed E-state index contributed by atoms with van der Waals surface area (Å²) in [5.74, 6) is 0.393. The number of aromatic nitrogens is 2. The van der Waals surface area contributed by atoms with Crippen molar-refractivity contribution in [2.24, 2.45) is 0 Å². The summed E-state index contributed by atoms with van der Waals surface area (Å²) in [5.41, 5.74) is 5.89. The Kier molecular flexibility index (Phi) is 3.26. The van der Waals surface area contributed by atoms with Crippen LogP contribution >= 0.6 is 0 Å². The summed E-state index contributed by atoms with van der Waals surface area (Å²) in [6.45, 7) is 9.40. The van der Waals surface area contributed by atoms with E-state index in [0.717, 1.165) is 5.69 Å². The molecule has 0 saturated carbocycles. The average molecular weight is 225 g/mol. The van der Waals surface area contributed by atoms with Crippen molar-refractivity contribution in [1.82, 2.24) is 9.55 Å². The Balaban J connectivity index is 2.92. The topological polar surface area (TPSA) is 70.1 Å². The number of nitrogens with two attached hydrogens (primary N) is 1. The average Bonchev–Trinajstić information content (AvgIpc) is 2.44. The van der Waals surface area contributed by atoms with Gasteiger partial charge in [-0.2, -0.15) is 0 Å². The monoisotopic (exact) mass is 225 g/mol. The lowest BCUT2D eigenvalue weighted by molar-refractivity contribution is 0.0540. The molecule has 0 radical (unpaired) electrons. The van der Waals surface area contributed by atoms with Crippen molar-refractivity contribution in [3.05, 3.63) is 11.9 Å². The van der Waals surface area contributed by atoms with Crippen molar-refractivity contribution in [2.75, 3.05) is 5.73 Å². The molecule has 0 spiro atoms. The maximum absolute atomic E-state index is 11.7. The van der Waals surface area contributed by atoms with Gasteiger partial charge in [0.25, 0.3) is 0 Å². The van der Waals surface area contributed by atoms with E-state index in [9.17, 15) is 4.79 Å². The Morgan fingerprint density at radius 2 is 2.06 bits per heavy atom. The maximum atomic E-state index is 11.7. The Morgan fingerprint density at radius 1 is 1.50 bits per heavy atom. The minimum Gasteiger partial charge on any atom is -0.443 e. The fourth-order valence-electron chi connectivity index (χ4n) is 1.15. The molecule has 0 amide bonds. The van der Waals surface area contributed by atoms with E-state index in [1.54, 1.807) is 27.0 Å². The molecule has 0 fully saturated rings. The summed E-state index contributed by atoms with van der Waals surface area (Å²) in [6, 6.07) is 0. The van der Waals surface area contributed by atoms with E-state index < -0.39 is 11.7 Å². The molecule has 1 aromatic heterocycles. The van der Waals surface area contributed by atoms with Crippen LogP contribution in [0.2, 0.25) is 0 Å². The van der Waals surface area contributed by atoms with Crippen LogP contribution in [-0.2, 0) is 4.74 Å². The van der Waals surface area contributed by atoms with Crippen molar-refractivity contribution in [3.63, 3.8) is 0 Å². The van der Waals surface area contributed by atoms with Gasteiger partial charge in [0.05, 0.1) is 5.69 Å². The van der Waals surface area contributed by atoms with Crippen molar-refractivity contribution >= 4 is 12.0 Å². The van der Waals surface area contributed by atoms with Crippen LogP contribution in [0, 0.1) is 0 Å². The first-order valence-electron chi connectivity index (χ1n) is 5.29. The highest BCUT2D eigenvalue weighted by molar-refractivity contribution is 5.74. The van der Waals surface area contributed by atoms with Gasteiger partial charge in [-0.15, -0.1) is 0 Å². The first-order valence-corrected chi connectivity index (χ1v) is 5.29. The zero-order chi connectivity index (χ0) is 12.5. The normalized spacial score (nSPS) is 11.9. The molecule has 0 saturated heterocycles. The molecule has 0 atom stereocenters. The van der Waals surface area contributed by atoms with Crippen molar-refractivity contribution in [3.8, 4) is 0 Å². The number of imidazole rings is 1. The van der Waals surface area contributed by atoms with Crippen LogP contribution in [0.15, 0.2) is 6.20 Å². The quantitative estimate of drug-likeness (QED) is 0.796. The predicted molar refractivity (Wildman–Crippen MR) is 62.4 cm³/mol. The van der Waals surface area contributed by atoms with Crippen LogP contribution in [0.25, 0.3) is 0 Å². The second-order valence-electron chi connectivity index (χ2n) is 5.03. The molecule has 0 aliphatic heterocycles. The van der Waals surface area contributed by atoms with Gasteiger partial charge >= 0.3 is 6.09 Å². The molecule has 5 nitrogen and oxygen atoms in total. The van der Waals surface area contributed by atoms with Crippen LogP contribution in [0.1, 0.15) is 46.2 Å². The molecule has 0 bridgehead atoms. The van der Waals surface area contributed by atoms with Gasteiger partial charge in [0, 0.05) is 6.20 Å². The number of rotatable bonds is 1. The van der Waals surface area contributed by atoms with Gasteiger partial charge in [-0.3, -0.25) is 0 Å². The number of carbonyl (C=O) groups excluding carboxylic acids is 1. The lowest BCUT2D eigenvalue weighted by Crippen LogP contribution is -2.27. The Morgan fingerprint density at radius 3 is 2.44 bits per heavy atom. The van der Waals surface area contributed by atoms with Gasteiger partial charge in [-0.25, -0.2) is 14.3 Å². The summed E-state index contributed by atoms with van der Waals surface area (Å²) in [7, 11) is 0. The number of anilines is 1. The van der Waals surface area contributed by atoms with E-state index in [0.29, 0.717) is 0 Å². The van der Waals surface area contributed by atoms with E-state index >= 15 is 0 Å². The van der Waals surface area contributed by atoms with E-state index in [1.807, 2.05) is 13.8 Å². The van der Waals surface area contributed by atoms with E-state index in [4.69, 9.17) is 10.5 Å². The predicted octanol–water partition coefficient (Wildman–Crippen LogP) is 2.37. The van der Waals surface area contributed by atoms with Gasteiger partial charge < -0.3 is 10.5 Å². The van der Waals surface area contributed by atoms with Gasteiger partial charge in [-0.05, 0) is 26.7 Å². The van der Waals surface area contributed by atoms with Crippen molar-refractivity contribution in [1.29, 1.82) is 0 Å². The fraction of sp³-hybridized carbons (Fsp3) is 0.636. The van der Waals surface area contributed by atoms with Crippen LogP contribution in [0.5, 0.6) is 0 Å². The van der Waals surface area contributed by atoms with Crippen LogP contribution in [0.4, 0.5) is 10.7 Å². The van der Waals surface area contributed by atoms with Gasteiger partial charge in [0.15, 0.2) is 0 Å². The Hall–Kier alpha value is -1.52. The number of nitrogen functional groups attached to an aromatic ring is 1. The number of carbonyl (C=O) groups is 1. The Labute approximate surface area is 95.6 Å². The number of hydrogen-bond donors (Lipinski definition) is 1. The largest absolute Gasteiger partial charge is 0.443 e. The minimum absolute atomic E-state index is 0.165. The molecule has 90 valence electrons. The molecule has 16 heavy (non-hydrogen) atoms. The van der Waals surface area contributed by atoms with E-state index in [2.05, 4.69) is 4.98 Å². The molecular formula is C11H19N3O2. The maximum Gasteiger partial charge on any atom is 0.421 e. The molecule has 1 aromatic rings. The van der Waals surface area contributed by atoms with Crippen LogP contribution in [-0.4, -0.2) is 21.2 Å². The summed E-state index contributed by atoms with van der Waals surface area (Å²) < 4.78 is 6.44. The second-order valence-corrected chi connectivity index (χ2v) is 5.03. The summed E-state index contributed by atoms with van der Waals surface area (Å²) in [5, 5.41) is 0. The van der Waals surface area contributed by atoms with Crippen molar-refractivity contribution in [2.45, 2.75) is 46.1 Å². The molecule has 0 aliphatic carbocycles. The van der Waals surface area contributed by atoms with E-state index in [1.165, 1.54) is 4.57 Å². The lowest BCUT2D eigenvalue weighted by Gasteiger charge is -2.19. The molecule has 1 rings (SSSR count). The molecule has 0 unspecified atom stereocenters. The summed E-state index contributed by atoms with van der Waals surface area (Å²) in [4.78, 5) is 15.8. The number of ether oxygens (including phenoxy) is 1. The van der Waals surface area contributed by atoms with Gasteiger partial charge in [0.1, 0.15) is 5.60 Å². The van der Waals surface area contributed by atoms with Gasteiger partial charge in [-0.1, -0.05) is 13.8 Å². The molecular weight excluding hydrogens is 206 g/mol. The SMILES string of the molecule is CC(C)c1cn(C(=O)OC(C)(C)C)c(N)n1. The molecule has 1 heterocycles. The minimum atomic E-state index is -0.536. The fourth-order valence-corrected chi connectivity index (χ4v) is 1.15. The summed E-state index contributed by atoms with van der Waals surface area (Å²) >= 11 is 0. The first-order chi connectivity index (χ1) is 7.20. The smallest absolute Gasteiger partial charge is 0.421 e. The highest BCUT2D eigenvalue weighted by Gasteiger charge is 2.20. The van der Waals surface area contributed by atoms with Gasteiger partial charge in [0.2, 0.25) is 5.95 Å². The first kappa shape index (κ1) is 12.5. The molecule has 0 aliphatic rings. The van der Waals surface area contributed by atoms with Crippen LogP contribution in [0.3, 0.4) is 0 Å². The number of nitrogens with zero attached hydrogens (tertiary/aromatic N) is 2. The second kappa shape index (κ2) is 4.15. The zero-order valence-electron chi connectivity index (χ0n) is 10.4. The molecule has 0 aromatic carbocycles. The highest BCUT2D eigenvalue weighted by Crippen LogP contribution is 2.17. The van der Waals surface area contributed by atoms with E-state index in [-0.39, 0.29) is 11.9 Å². The third-order valence-electron chi connectivity index (χ3n) is 1.93. The Bertz CT molecular complexity index is 388. The third kappa shape index (κ3) is 2.98.